The number of imide groups is 1. The van der Waals surface area contributed by atoms with Gasteiger partial charge in [-0.25, -0.2) is 0 Å². The molecule has 0 bridgehead atoms. The summed E-state index contributed by atoms with van der Waals surface area (Å²) in [5, 5.41) is 0.111. The number of benzene rings is 2. The van der Waals surface area contributed by atoms with E-state index < -0.39 is 0 Å². The fourth-order valence-electron chi connectivity index (χ4n) is 3.02. The molecule has 2 amide bonds. The lowest BCUT2D eigenvalue weighted by Crippen LogP contribution is -2.27. The SMILES string of the molecule is CC(C)c1ccc(/C=C2\SC(=O)N(Cc3cc4c(cc3Cl)OCO4)C2=O)cc1. The van der Waals surface area contributed by atoms with Gasteiger partial charge in [0.05, 0.1) is 11.4 Å². The predicted molar refractivity (Wildman–Crippen MR) is 110 cm³/mol. The fourth-order valence-corrected chi connectivity index (χ4v) is 4.07. The summed E-state index contributed by atoms with van der Waals surface area (Å²) in [4.78, 5) is 26.8. The largest absolute Gasteiger partial charge is 0.454 e. The lowest BCUT2D eigenvalue weighted by molar-refractivity contribution is -0.123. The van der Waals surface area contributed by atoms with Crippen LogP contribution in [0.15, 0.2) is 41.3 Å². The summed E-state index contributed by atoms with van der Waals surface area (Å²) >= 11 is 7.22. The number of hydrogen-bond donors (Lipinski definition) is 0. The first-order valence-corrected chi connectivity index (χ1v) is 10.0. The summed E-state index contributed by atoms with van der Waals surface area (Å²) in [5.41, 5.74) is 2.74. The summed E-state index contributed by atoms with van der Waals surface area (Å²) in [5.74, 6) is 1.24. The lowest BCUT2D eigenvalue weighted by atomic mass is 10.0. The Balaban J connectivity index is 1.54. The Hall–Kier alpha value is -2.44. The highest BCUT2D eigenvalue weighted by atomic mass is 35.5. The van der Waals surface area contributed by atoms with Gasteiger partial charge < -0.3 is 9.47 Å². The molecule has 0 saturated carbocycles. The third-order valence-corrected chi connectivity index (χ3v) is 5.90. The molecule has 0 spiro atoms. The Labute approximate surface area is 172 Å². The van der Waals surface area contributed by atoms with Crippen molar-refractivity contribution in [3.8, 4) is 11.5 Å². The molecule has 2 aromatic carbocycles. The van der Waals surface area contributed by atoms with Gasteiger partial charge in [0, 0.05) is 11.1 Å². The van der Waals surface area contributed by atoms with Gasteiger partial charge in [0.25, 0.3) is 11.1 Å². The highest BCUT2D eigenvalue weighted by Gasteiger charge is 2.35. The van der Waals surface area contributed by atoms with Crippen LogP contribution in [0.2, 0.25) is 5.02 Å². The Bertz CT molecular complexity index is 985. The van der Waals surface area contributed by atoms with Gasteiger partial charge in [-0.1, -0.05) is 49.7 Å². The van der Waals surface area contributed by atoms with Gasteiger partial charge in [0.2, 0.25) is 6.79 Å². The molecule has 1 fully saturated rings. The summed E-state index contributed by atoms with van der Waals surface area (Å²) in [6, 6.07) is 11.3. The van der Waals surface area contributed by atoms with E-state index in [0.29, 0.717) is 32.9 Å². The third-order valence-electron chi connectivity index (χ3n) is 4.64. The van der Waals surface area contributed by atoms with Crippen molar-refractivity contribution in [3.63, 3.8) is 0 Å². The Morgan fingerprint density at radius 3 is 2.50 bits per heavy atom. The molecule has 0 atom stereocenters. The zero-order valence-electron chi connectivity index (χ0n) is 15.4. The molecule has 0 aliphatic carbocycles. The van der Waals surface area contributed by atoms with E-state index in [1.54, 1.807) is 18.2 Å². The van der Waals surface area contributed by atoms with Gasteiger partial charge in [0.15, 0.2) is 11.5 Å². The van der Waals surface area contributed by atoms with Crippen LogP contribution in [0.25, 0.3) is 6.08 Å². The van der Waals surface area contributed by atoms with Gasteiger partial charge in [-0.3, -0.25) is 14.5 Å². The molecule has 1 saturated heterocycles. The first kappa shape index (κ1) is 18.9. The number of thioether (sulfide) groups is 1. The summed E-state index contributed by atoms with van der Waals surface area (Å²) in [7, 11) is 0. The maximum Gasteiger partial charge on any atom is 0.293 e. The minimum absolute atomic E-state index is 0.0871. The van der Waals surface area contributed by atoms with Crippen LogP contribution in [0.1, 0.15) is 36.5 Å². The first-order valence-electron chi connectivity index (χ1n) is 8.85. The molecule has 2 aromatic rings. The highest BCUT2D eigenvalue weighted by Crippen LogP contribution is 2.39. The van der Waals surface area contributed by atoms with Crippen molar-refractivity contribution in [1.29, 1.82) is 0 Å². The van der Waals surface area contributed by atoms with E-state index in [2.05, 4.69) is 13.8 Å². The number of ether oxygens (including phenoxy) is 2. The maximum absolute atomic E-state index is 12.8. The smallest absolute Gasteiger partial charge is 0.293 e. The van der Waals surface area contributed by atoms with Gasteiger partial charge in [-0.05, 0) is 46.5 Å². The Morgan fingerprint density at radius 2 is 1.82 bits per heavy atom. The van der Waals surface area contributed by atoms with Crippen LogP contribution in [-0.4, -0.2) is 22.8 Å². The molecular weight excluding hydrogens is 398 g/mol. The maximum atomic E-state index is 12.8. The zero-order valence-corrected chi connectivity index (χ0v) is 17.0. The molecular formula is C21H18ClNO4S. The number of hydrogen-bond acceptors (Lipinski definition) is 5. The summed E-state index contributed by atoms with van der Waals surface area (Å²) in [6.45, 7) is 4.47. The number of carbonyl (C=O) groups excluding carboxylic acids is 2. The molecule has 5 nitrogen and oxygen atoms in total. The monoisotopic (exact) mass is 415 g/mol. The molecule has 0 unspecified atom stereocenters. The van der Waals surface area contributed by atoms with Crippen LogP contribution >= 0.6 is 23.4 Å². The van der Waals surface area contributed by atoms with E-state index in [1.165, 1.54) is 10.5 Å². The molecule has 0 aromatic heterocycles. The Morgan fingerprint density at radius 1 is 1.14 bits per heavy atom. The highest BCUT2D eigenvalue weighted by molar-refractivity contribution is 8.18. The van der Waals surface area contributed by atoms with Gasteiger partial charge >= 0.3 is 0 Å². The normalized spacial score (nSPS) is 17.3. The molecule has 2 aliphatic rings. The predicted octanol–water partition coefficient (Wildman–Crippen LogP) is 5.43. The quantitative estimate of drug-likeness (QED) is 0.623. The average molecular weight is 416 g/mol. The second-order valence-electron chi connectivity index (χ2n) is 6.89. The topological polar surface area (TPSA) is 55.8 Å². The van der Waals surface area contributed by atoms with Gasteiger partial charge in [-0.2, -0.15) is 0 Å². The van der Waals surface area contributed by atoms with E-state index in [-0.39, 0.29) is 24.5 Å². The van der Waals surface area contributed by atoms with Gasteiger partial charge in [-0.15, -0.1) is 0 Å². The second-order valence-corrected chi connectivity index (χ2v) is 8.29. The van der Waals surface area contributed by atoms with Crippen molar-refractivity contribution < 1.29 is 19.1 Å². The number of halogens is 1. The standard InChI is InChI=1S/C21H18ClNO4S/c1-12(2)14-5-3-13(4-6-14)7-19-20(24)23(21(25)28-19)10-15-8-17-18(9-16(15)22)27-11-26-17/h3-9,12H,10-11H2,1-2H3/b19-7-. The van der Waals surface area contributed by atoms with Crippen molar-refractivity contribution in [2.75, 3.05) is 6.79 Å². The van der Waals surface area contributed by atoms with Crippen LogP contribution < -0.4 is 9.47 Å². The van der Waals surface area contributed by atoms with Crippen molar-refractivity contribution in [2.45, 2.75) is 26.3 Å². The second kappa shape index (κ2) is 7.53. The molecule has 0 radical (unpaired) electrons. The lowest BCUT2D eigenvalue weighted by Gasteiger charge is -2.14. The fraction of sp³-hybridized carbons (Fsp3) is 0.238. The third kappa shape index (κ3) is 3.62. The van der Waals surface area contributed by atoms with Crippen molar-refractivity contribution in [2.24, 2.45) is 0 Å². The summed E-state index contributed by atoms with van der Waals surface area (Å²) in [6.07, 6.45) is 1.75. The molecule has 2 aliphatic heterocycles. The van der Waals surface area contributed by atoms with E-state index >= 15 is 0 Å². The van der Waals surface area contributed by atoms with E-state index in [1.807, 2.05) is 24.3 Å². The van der Waals surface area contributed by atoms with Crippen LogP contribution in [0.4, 0.5) is 4.79 Å². The molecule has 2 heterocycles. The average Bonchev–Trinajstić information content (AvgIpc) is 3.21. The minimum Gasteiger partial charge on any atom is -0.454 e. The Kier molecular flexibility index (Phi) is 5.08. The van der Waals surface area contributed by atoms with E-state index in [4.69, 9.17) is 21.1 Å². The van der Waals surface area contributed by atoms with E-state index in [0.717, 1.165) is 17.3 Å². The molecule has 0 N–H and O–H groups in total. The molecule has 4 rings (SSSR count). The number of rotatable bonds is 4. The molecule has 7 heteroatoms. The number of amides is 2. The zero-order chi connectivity index (χ0) is 19.8. The number of nitrogens with zero attached hydrogens (tertiary/aromatic N) is 1. The van der Waals surface area contributed by atoms with Crippen LogP contribution in [0.3, 0.4) is 0 Å². The van der Waals surface area contributed by atoms with Gasteiger partial charge in [0.1, 0.15) is 0 Å². The van der Waals surface area contributed by atoms with Crippen molar-refractivity contribution in [1.82, 2.24) is 4.90 Å². The summed E-state index contributed by atoms with van der Waals surface area (Å²) < 4.78 is 10.6. The molecule has 28 heavy (non-hydrogen) atoms. The number of fused-ring (bicyclic) bond motifs is 1. The first-order chi connectivity index (χ1) is 13.4. The minimum atomic E-state index is -0.323. The van der Waals surface area contributed by atoms with Crippen LogP contribution in [0.5, 0.6) is 11.5 Å². The van der Waals surface area contributed by atoms with Crippen molar-refractivity contribution >= 4 is 40.6 Å². The van der Waals surface area contributed by atoms with Crippen LogP contribution in [0, 0.1) is 0 Å². The molecule has 144 valence electrons. The number of carbonyl (C=O) groups is 2. The van der Waals surface area contributed by atoms with E-state index in [9.17, 15) is 9.59 Å². The van der Waals surface area contributed by atoms with Crippen molar-refractivity contribution in [3.05, 3.63) is 63.0 Å². The van der Waals surface area contributed by atoms with Crippen LogP contribution in [-0.2, 0) is 11.3 Å².